The van der Waals surface area contributed by atoms with Crippen LogP contribution in [0.5, 0.6) is 5.75 Å². The molecule has 1 amide bonds. The summed E-state index contributed by atoms with van der Waals surface area (Å²) in [5.74, 6) is 7.08. The van der Waals surface area contributed by atoms with Gasteiger partial charge in [0.05, 0.1) is 12.6 Å². The topological polar surface area (TPSA) is 59.0 Å². The van der Waals surface area contributed by atoms with E-state index in [-0.39, 0.29) is 12.0 Å². The maximum atomic E-state index is 13.4. The van der Waals surface area contributed by atoms with Gasteiger partial charge in [0.1, 0.15) is 18.0 Å². The third-order valence-corrected chi connectivity index (χ3v) is 6.63. The molecule has 0 bridgehead atoms. The molecular formula is C29H35NO4. The summed E-state index contributed by atoms with van der Waals surface area (Å²) in [7, 11) is 1.80. The lowest BCUT2D eigenvalue weighted by Gasteiger charge is -2.30. The highest BCUT2D eigenvalue weighted by Crippen LogP contribution is 2.38. The normalized spacial score (nSPS) is 17.6. The Hall–Kier alpha value is -2.81. The van der Waals surface area contributed by atoms with Crippen LogP contribution in [0.15, 0.2) is 42.5 Å². The van der Waals surface area contributed by atoms with E-state index in [0.29, 0.717) is 36.7 Å². The van der Waals surface area contributed by atoms with Crippen LogP contribution >= 0.6 is 0 Å². The molecule has 0 spiro atoms. The van der Waals surface area contributed by atoms with E-state index in [1.54, 1.807) is 27.0 Å². The van der Waals surface area contributed by atoms with Crippen molar-refractivity contribution >= 4 is 5.91 Å². The Balaban J connectivity index is 1.55. The lowest BCUT2D eigenvalue weighted by atomic mass is 9.82. The Morgan fingerprint density at radius 1 is 1.18 bits per heavy atom. The molecule has 34 heavy (non-hydrogen) atoms. The molecule has 1 aliphatic heterocycles. The number of rotatable bonds is 4. The Labute approximate surface area is 203 Å². The molecule has 1 fully saturated rings. The first-order chi connectivity index (χ1) is 16.3. The summed E-state index contributed by atoms with van der Waals surface area (Å²) in [6.45, 7) is 4.73. The number of nitrogens with zero attached hydrogens (tertiary/aromatic N) is 1. The van der Waals surface area contributed by atoms with E-state index in [1.807, 2.05) is 29.2 Å². The number of fused-ring (bicyclic) bond motifs is 1. The Kier molecular flexibility index (Phi) is 7.60. The van der Waals surface area contributed by atoms with Gasteiger partial charge < -0.3 is 19.5 Å². The maximum Gasteiger partial charge on any atom is 0.254 e. The Bertz CT molecular complexity index is 1070. The third kappa shape index (κ3) is 6.00. The zero-order chi connectivity index (χ0) is 24.1. The molecule has 4 rings (SSSR count). The summed E-state index contributed by atoms with van der Waals surface area (Å²) in [5, 5.41) is 9.88. The zero-order valence-electron chi connectivity index (χ0n) is 20.5. The largest absolute Gasteiger partial charge is 0.491 e. The Morgan fingerprint density at radius 3 is 2.71 bits per heavy atom. The van der Waals surface area contributed by atoms with E-state index in [1.165, 1.54) is 32.1 Å². The fourth-order valence-electron chi connectivity index (χ4n) is 4.94. The molecule has 0 saturated heterocycles. The van der Waals surface area contributed by atoms with Gasteiger partial charge in [-0.3, -0.25) is 4.79 Å². The smallest absolute Gasteiger partial charge is 0.254 e. The molecule has 180 valence electrons. The highest BCUT2D eigenvalue weighted by Gasteiger charge is 2.27. The average Bonchev–Trinajstić information content (AvgIpc) is 3.05. The summed E-state index contributed by atoms with van der Waals surface area (Å²) in [6.07, 6.45) is 6.31. The minimum atomic E-state index is -1.08. The standard InChI is InChI=1S/C29H35NO4/c1-29(2,32)15-14-21-8-7-11-24(18-21)28(31)30-16-17-34-26-13-12-23(19-25(26)20-30)27(33-3)22-9-5-4-6-10-22/h7-8,11-13,18-19,22,27,32H,4-6,9-10,16-17,20H2,1-3H3. The van der Waals surface area contributed by atoms with Gasteiger partial charge in [0.2, 0.25) is 0 Å². The fourth-order valence-corrected chi connectivity index (χ4v) is 4.94. The van der Waals surface area contributed by atoms with Gasteiger partial charge >= 0.3 is 0 Å². The third-order valence-electron chi connectivity index (χ3n) is 6.63. The number of aliphatic hydroxyl groups is 1. The number of hydrogen-bond acceptors (Lipinski definition) is 4. The number of ether oxygens (including phenoxy) is 2. The predicted molar refractivity (Wildman–Crippen MR) is 133 cm³/mol. The van der Waals surface area contributed by atoms with Crippen LogP contribution in [0.2, 0.25) is 0 Å². The van der Waals surface area contributed by atoms with Crippen LogP contribution < -0.4 is 4.74 Å². The van der Waals surface area contributed by atoms with E-state index in [9.17, 15) is 9.90 Å². The van der Waals surface area contributed by atoms with Crippen molar-refractivity contribution in [2.24, 2.45) is 5.92 Å². The van der Waals surface area contributed by atoms with E-state index in [2.05, 4.69) is 24.0 Å². The summed E-state index contributed by atoms with van der Waals surface area (Å²) >= 11 is 0. The summed E-state index contributed by atoms with van der Waals surface area (Å²) in [6, 6.07) is 13.6. The highest BCUT2D eigenvalue weighted by atomic mass is 16.5. The first-order valence-electron chi connectivity index (χ1n) is 12.3. The van der Waals surface area contributed by atoms with Crippen molar-refractivity contribution in [1.82, 2.24) is 4.90 Å². The minimum Gasteiger partial charge on any atom is -0.491 e. The molecule has 0 radical (unpaired) electrons. The van der Waals surface area contributed by atoms with Crippen molar-refractivity contribution in [3.8, 4) is 17.6 Å². The molecule has 1 heterocycles. The SMILES string of the molecule is COC(c1ccc2c(c1)CN(C(=O)c1cccc(C#CC(C)(C)O)c1)CCO2)C1CCCCC1. The van der Waals surface area contributed by atoms with Gasteiger partial charge in [-0.05, 0) is 68.5 Å². The van der Waals surface area contributed by atoms with Crippen molar-refractivity contribution in [2.45, 2.75) is 64.2 Å². The fraction of sp³-hybridized carbons (Fsp3) is 0.483. The van der Waals surface area contributed by atoms with E-state index in [0.717, 1.165) is 16.9 Å². The molecule has 5 heteroatoms. The van der Waals surface area contributed by atoms with Crippen LogP contribution in [0.25, 0.3) is 0 Å². The first-order valence-corrected chi connectivity index (χ1v) is 12.3. The number of benzene rings is 2. The van der Waals surface area contributed by atoms with Crippen LogP contribution in [-0.4, -0.2) is 41.8 Å². The van der Waals surface area contributed by atoms with Crippen molar-refractivity contribution in [2.75, 3.05) is 20.3 Å². The van der Waals surface area contributed by atoms with Crippen molar-refractivity contribution in [3.05, 3.63) is 64.7 Å². The molecule has 0 aromatic heterocycles. The van der Waals surface area contributed by atoms with Crippen LogP contribution in [0.1, 0.15) is 79.1 Å². The second-order valence-corrected chi connectivity index (χ2v) is 9.89. The van der Waals surface area contributed by atoms with Gasteiger partial charge in [-0.1, -0.05) is 43.2 Å². The summed E-state index contributed by atoms with van der Waals surface area (Å²) in [5.41, 5.74) is 2.38. The molecule has 2 aromatic carbocycles. The lowest BCUT2D eigenvalue weighted by Crippen LogP contribution is -2.32. The molecular weight excluding hydrogens is 426 g/mol. The molecule has 2 aliphatic rings. The van der Waals surface area contributed by atoms with Gasteiger partial charge in [0.15, 0.2) is 0 Å². The zero-order valence-corrected chi connectivity index (χ0v) is 20.5. The van der Waals surface area contributed by atoms with Crippen LogP contribution in [0.3, 0.4) is 0 Å². The number of amides is 1. The summed E-state index contributed by atoms with van der Waals surface area (Å²) < 4.78 is 11.9. The van der Waals surface area contributed by atoms with Gasteiger partial charge in [-0.2, -0.15) is 0 Å². The quantitative estimate of drug-likeness (QED) is 0.643. The van der Waals surface area contributed by atoms with Gasteiger partial charge in [0, 0.05) is 30.3 Å². The first kappa shape index (κ1) is 24.3. The van der Waals surface area contributed by atoms with Gasteiger partial charge in [-0.25, -0.2) is 0 Å². The maximum absolute atomic E-state index is 13.4. The number of hydrogen-bond donors (Lipinski definition) is 1. The second kappa shape index (κ2) is 10.6. The van der Waals surface area contributed by atoms with Gasteiger partial charge in [-0.15, -0.1) is 0 Å². The van der Waals surface area contributed by atoms with Gasteiger partial charge in [0.25, 0.3) is 5.91 Å². The minimum absolute atomic E-state index is 0.0515. The Morgan fingerprint density at radius 2 is 1.97 bits per heavy atom. The average molecular weight is 462 g/mol. The van der Waals surface area contributed by atoms with Crippen molar-refractivity contribution in [1.29, 1.82) is 0 Å². The van der Waals surface area contributed by atoms with Crippen molar-refractivity contribution in [3.63, 3.8) is 0 Å². The number of carbonyl (C=O) groups is 1. The molecule has 1 aliphatic carbocycles. The van der Waals surface area contributed by atoms with E-state index in [4.69, 9.17) is 9.47 Å². The van der Waals surface area contributed by atoms with E-state index < -0.39 is 5.60 Å². The molecule has 1 saturated carbocycles. The molecule has 1 atom stereocenters. The molecule has 2 aromatic rings. The number of carbonyl (C=O) groups excluding carboxylic acids is 1. The number of methoxy groups -OCH3 is 1. The highest BCUT2D eigenvalue weighted by molar-refractivity contribution is 5.94. The molecule has 5 nitrogen and oxygen atoms in total. The monoisotopic (exact) mass is 461 g/mol. The van der Waals surface area contributed by atoms with Crippen LogP contribution in [-0.2, 0) is 11.3 Å². The lowest BCUT2D eigenvalue weighted by molar-refractivity contribution is 0.0353. The summed E-state index contributed by atoms with van der Waals surface area (Å²) in [4.78, 5) is 15.2. The van der Waals surface area contributed by atoms with Crippen molar-refractivity contribution < 1.29 is 19.4 Å². The predicted octanol–water partition coefficient (Wildman–Crippen LogP) is 5.11. The second-order valence-electron chi connectivity index (χ2n) is 9.89. The van der Waals surface area contributed by atoms with Crippen LogP contribution in [0.4, 0.5) is 0 Å². The molecule has 1 unspecified atom stereocenters. The van der Waals surface area contributed by atoms with E-state index >= 15 is 0 Å². The molecule has 1 N–H and O–H groups in total. The van der Waals surface area contributed by atoms with Crippen LogP contribution in [0, 0.1) is 17.8 Å².